The quantitative estimate of drug-likeness (QED) is 0.660. The zero-order valence-corrected chi connectivity index (χ0v) is 21.6. The second kappa shape index (κ2) is 9.80. The van der Waals surface area contributed by atoms with Gasteiger partial charge in [-0.1, -0.05) is 6.92 Å². The van der Waals surface area contributed by atoms with Crippen LogP contribution in [0.5, 0.6) is 0 Å². The van der Waals surface area contributed by atoms with Gasteiger partial charge in [0.05, 0.1) is 5.39 Å². The molecule has 8 heteroatoms. The maximum absolute atomic E-state index is 13.3. The van der Waals surface area contributed by atoms with Crippen LogP contribution in [-0.4, -0.2) is 70.9 Å². The number of aryl methyl sites for hydroxylation is 2. The van der Waals surface area contributed by atoms with Crippen LogP contribution in [0.25, 0.3) is 10.2 Å². The van der Waals surface area contributed by atoms with Crippen molar-refractivity contribution in [3.8, 4) is 0 Å². The lowest BCUT2D eigenvalue weighted by molar-refractivity contribution is -0.143. The molecule has 3 fully saturated rings. The van der Waals surface area contributed by atoms with E-state index in [1.54, 1.807) is 17.7 Å². The summed E-state index contributed by atoms with van der Waals surface area (Å²) in [4.78, 5) is 44.1. The highest BCUT2D eigenvalue weighted by molar-refractivity contribution is 7.18. The van der Waals surface area contributed by atoms with Crippen LogP contribution >= 0.6 is 11.3 Å². The monoisotopic (exact) mass is 483 g/mol. The molecule has 5 rings (SSSR count). The average Bonchev–Trinajstić information content (AvgIpc) is 3.17. The summed E-state index contributed by atoms with van der Waals surface area (Å²) in [6, 6.07) is 0. The summed E-state index contributed by atoms with van der Waals surface area (Å²) >= 11 is 1.73. The van der Waals surface area contributed by atoms with E-state index in [9.17, 15) is 9.59 Å². The number of rotatable bonds is 3. The first kappa shape index (κ1) is 23.5. The predicted molar refractivity (Wildman–Crippen MR) is 136 cm³/mol. The second-order valence-corrected chi connectivity index (χ2v) is 11.7. The summed E-state index contributed by atoms with van der Waals surface area (Å²) in [5, 5.41) is 1.17. The highest BCUT2D eigenvalue weighted by atomic mass is 32.1. The summed E-state index contributed by atoms with van der Waals surface area (Å²) in [5.74, 6) is 2.53. The van der Waals surface area contributed by atoms with Crippen LogP contribution in [-0.2, 0) is 9.59 Å². The van der Waals surface area contributed by atoms with Crippen molar-refractivity contribution >= 4 is 39.2 Å². The topological polar surface area (TPSA) is 69.6 Å². The van der Waals surface area contributed by atoms with E-state index in [0.29, 0.717) is 5.91 Å². The summed E-state index contributed by atoms with van der Waals surface area (Å²) in [6.07, 6.45) is 7.24. The molecule has 34 heavy (non-hydrogen) atoms. The van der Waals surface area contributed by atoms with Gasteiger partial charge in [-0.15, -0.1) is 11.3 Å². The third kappa shape index (κ3) is 4.53. The Morgan fingerprint density at radius 1 is 0.824 bits per heavy atom. The summed E-state index contributed by atoms with van der Waals surface area (Å²) in [5.41, 5.74) is 1.27. The standard InChI is InChI=1S/C26H37N5O2S/c1-17-4-10-30(11-5-17)25(32)21-8-14-31(15-9-21)26(33)20-6-12-29(13-7-20)23-22-18(2)19(3)34-24(22)28-16-27-23/h16-17,20-21H,4-15H2,1-3H3. The van der Waals surface area contributed by atoms with Crippen molar-refractivity contribution in [1.29, 1.82) is 0 Å². The molecule has 2 aromatic heterocycles. The van der Waals surface area contributed by atoms with Crippen LogP contribution in [0.3, 0.4) is 0 Å². The van der Waals surface area contributed by atoms with E-state index < -0.39 is 0 Å². The lowest BCUT2D eigenvalue weighted by atomic mass is 9.90. The summed E-state index contributed by atoms with van der Waals surface area (Å²) in [7, 11) is 0. The molecule has 0 bridgehead atoms. The highest BCUT2D eigenvalue weighted by Gasteiger charge is 2.35. The number of carbonyl (C=O) groups is 2. The average molecular weight is 484 g/mol. The second-order valence-electron chi connectivity index (χ2n) is 10.5. The molecular formula is C26H37N5O2S. The Kier molecular flexibility index (Phi) is 6.78. The molecule has 3 aliphatic rings. The van der Waals surface area contributed by atoms with Gasteiger partial charge in [-0.3, -0.25) is 9.59 Å². The molecule has 0 saturated carbocycles. The molecule has 0 N–H and O–H groups in total. The van der Waals surface area contributed by atoms with E-state index in [2.05, 4.69) is 40.5 Å². The van der Waals surface area contributed by atoms with Gasteiger partial charge in [0.15, 0.2) is 0 Å². The molecule has 0 unspecified atom stereocenters. The van der Waals surface area contributed by atoms with Crippen molar-refractivity contribution < 1.29 is 9.59 Å². The molecule has 2 aromatic rings. The molecule has 0 aromatic carbocycles. The molecule has 0 radical (unpaired) electrons. The minimum Gasteiger partial charge on any atom is -0.356 e. The first-order valence-electron chi connectivity index (χ1n) is 13.0. The first-order chi connectivity index (χ1) is 16.4. The van der Waals surface area contributed by atoms with Crippen LogP contribution in [0.4, 0.5) is 5.82 Å². The predicted octanol–water partition coefficient (Wildman–Crippen LogP) is 4.02. The lowest BCUT2D eigenvalue weighted by Crippen LogP contribution is -2.48. The number of fused-ring (bicyclic) bond motifs is 1. The van der Waals surface area contributed by atoms with Crippen molar-refractivity contribution in [2.75, 3.05) is 44.2 Å². The van der Waals surface area contributed by atoms with Gasteiger partial charge in [0.1, 0.15) is 17.0 Å². The molecule has 184 valence electrons. The Bertz CT molecular complexity index is 1040. The minimum absolute atomic E-state index is 0.0784. The Morgan fingerprint density at radius 3 is 1.94 bits per heavy atom. The van der Waals surface area contributed by atoms with Gasteiger partial charge in [-0.05, 0) is 63.9 Å². The lowest BCUT2D eigenvalue weighted by Gasteiger charge is -2.39. The van der Waals surface area contributed by atoms with Gasteiger partial charge in [0.2, 0.25) is 11.8 Å². The molecular weight excluding hydrogens is 446 g/mol. The van der Waals surface area contributed by atoms with E-state index in [1.807, 2.05) is 4.90 Å². The van der Waals surface area contributed by atoms with Gasteiger partial charge >= 0.3 is 0 Å². The number of piperidine rings is 3. The van der Waals surface area contributed by atoms with Gasteiger partial charge in [0.25, 0.3) is 0 Å². The largest absolute Gasteiger partial charge is 0.356 e. The zero-order chi connectivity index (χ0) is 23.8. The zero-order valence-electron chi connectivity index (χ0n) is 20.8. The van der Waals surface area contributed by atoms with E-state index in [1.165, 1.54) is 15.8 Å². The highest BCUT2D eigenvalue weighted by Crippen LogP contribution is 2.36. The summed E-state index contributed by atoms with van der Waals surface area (Å²) < 4.78 is 0. The number of anilines is 1. The number of hydrogen-bond acceptors (Lipinski definition) is 6. The van der Waals surface area contributed by atoms with Crippen molar-refractivity contribution in [3.05, 3.63) is 16.8 Å². The van der Waals surface area contributed by atoms with Crippen LogP contribution < -0.4 is 4.90 Å². The third-order valence-electron chi connectivity index (χ3n) is 8.34. The van der Waals surface area contributed by atoms with Crippen molar-refractivity contribution in [2.45, 2.75) is 59.3 Å². The smallest absolute Gasteiger partial charge is 0.225 e. The maximum Gasteiger partial charge on any atom is 0.225 e. The molecule has 0 aliphatic carbocycles. The fourth-order valence-electron chi connectivity index (χ4n) is 5.83. The molecule has 7 nitrogen and oxygen atoms in total. The van der Waals surface area contributed by atoms with Gasteiger partial charge in [-0.2, -0.15) is 0 Å². The molecule has 3 aliphatic heterocycles. The number of hydrogen-bond donors (Lipinski definition) is 0. The van der Waals surface area contributed by atoms with Crippen LogP contribution in [0.2, 0.25) is 0 Å². The number of amides is 2. The van der Waals surface area contributed by atoms with Crippen molar-refractivity contribution in [1.82, 2.24) is 19.8 Å². The molecule has 2 amide bonds. The molecule has 0 atom stereocenters. The Balaban J connectivity index is 1.14. The van der Waals surface area contributed by atoms with Gasteiger partial charge < -0.3 is 14.7 Å². The van der Waals surface area contributed by atoms with Gasteiger partial charge in [0, 0.05) is 56.0 Å². The van der Waals surface area contributed by atoms with Crippen molar-refractivity contribution in [2.24, 2.45) is 17.8 Å². The normalized spacial score (nSPS) is 21.4. The fourth-order valence-corrected chi connectivity index (χ4v) is 6.83. The number of likely N-dealkylation sites (tertiary alicyclic amines) is 2. The third-order valence-corrected chi connectivity index (χ3v) is 9.46. The SMILES string of the molecule is Cc1sc2ncnc(N3CCC(C(=O)N4CCC(C(=O)N5CCC(C)CC5)CC4)CC3)c2c1C. The summed E-state index contributed by atoms with van der Waals surface area (Å²) in [6.45, 7) is 11.5. The van der Waals surface area contributed by atoms with Crippen LogP contribution in [0, 0.1) is 31.6 Å². The number of nitrogens with zero attached hydrogens (tertiary/aromatic N) is 5. The molecule has 3 saturated heterocycles. The fraction of sp³-hybridized carbons (Fsp3) is 0.692. The molecule has 0 spiro atoms. The maximum atomic E-state index is 13.3. The Hall–Kier alpha value is -2.22. The van der Waals surface area contributed by atoms with Crippen LogP contribution in [0.15, 0.2) is 6.33 Å². The Morgan fingerprint density at radius 2 is 1.35 bits per heavy atom. The van der Waals surface area contributed by atoms with Crippen molar-refractivity contribution in [3.63, 3.8) is 0 Å². The first-order valence-corrected chi connectivity index (χ1v) is 13.8. The minimum atomic E-state index is 0.0784. The Labute approximate surface area is 206 Å². The van der Waals surface area contributed by atoms with E-state index in [-0.39, 0.29) is 17.7 Å². The molecule has 5 heterocycles. The number of aromatic nitrogens is 2. The van der Waals surface area contributed by atoms with E-state index >= 15 is 0 Å². The van der Waals surface area contributed by atoms with Crippen LogP contribution in [0.1, 0.15) is 55.9 Å². The van der Waals surface area contributed by atoms with E-state index in [4.69, 9.17) is 0 Å². The van der Waals surface area contributed by atoms with Gasteiger partial charge in [-0.25, -0.2) is 9.97 Å². The number of carbonyl (C=O) groups excluding carboxylic acids is 2. The number of thiophene rings is 1. The van der Waals surface area contributed by atoms with E-state index in [0.717, 1.165) is 94.4 Å².